The lowest BCUT2D eigenvalue weighted by molar-refractivity contribution is 0.690. The highest BCUT2D eigenvalue weighted by atomic mass is 127. The first-order chi connectivity index (χ1) is 10.3. The highest BCUT2D eigenvalue weighted by Crippen LogP contribution is 2.37. The fraction of sp³-hybridized carbons (Fsp3) is 0.438. The molecule has 1 fully saturated rings. The smallest absolute Gasteiger partial charge is 0.180 e. The van der Waals surface area contributed by atoms with Crippen LogP contribution in [0.5, 0.6) is 0 Å². The van der Waals surface area contributed by atoms with E-state index in [1.165, 1.54) is 34.9 Å². The van der Waals surface area contributed by atoms with E-state index in [1.807, 2.05) is 18.2 Å². The van der Waals surface area contributed by atoms with Crippen molar-refractivity contribution in [2.24, 2.45) is 0 Å². The van der Waals surface area contributed by atoms with E-state index in [1.54, 1.807) is 6.20 Å². The number of anilines is 1. The number of nitrogens with zero attached hydrogens (tertiary/aromatic N) is 3. The Balaban J connectivity index is 2.08. The maximum Gasteiger partial charge on any atom is 0.180 e. The normalized spacial score (nSPS) is 15.3. The van der Waals surface area contributed by atoms with Gasteiger partial charge in [0.05, 0.1) is 9.26 Å². The average molecular weight is 394 g/mol. The zero-order chi connectivity index (χ0) is 14.7. The summed E-state index contributed by atoms with van der Waals surface area (Å²) in [5, 5.41) is 3.36. The van der Waals surface area contributed by atoms with Gasteiger partial charge in [-0.3, -0.25) is 4.98 Å². The third-order valence-corrected chi connectivity index (χ3v) is 4.92. The summed E-state index contributed by atoms with van der Waals surface area (Å²) in [6, 6.07) is 5.86. The molecule has 1 N–H and O–H groups in total. The molecule has 0 saturated heterocycles. The molecule has 1 aliphatic rings. The first-order valence-electron chi connectivity index (χ1n) is 7.52. The van der Waals surface area contributed by atoms with Crippen LogP contribution in [0.2, 0.25) is 0 Å². The van der Waals surface area contributed by atoms with Gasteiger partial charge in [-0.1, -0.05) is 18.9 Å². The van der Waals surface area contributed by atoms with Crippen molar-refractivity contribution in [1.29, 1.82) is 0 Å². The number of pyridine rings is 1. The number of halogens is 1. The summed E-state index contributed by atoms with van der Waals surface area (Å²) in [7, 11) is 0. The molecule has 0 radical (unpaired) electrons. The fourth-order valence-electron chi connectivity index (χ4n) is 2.83. The van der Waals surface area contributed by atoms with E-state index in [0.29, 0.717) is 5.92 Å². The predicted molar refractivity (Wildman–Crippen MR) is 93.4 cm³/mol. The summed E-state index contributed by atoms with van der Waals surface area (Å²) in [6.07, 6.45) is 6.87. The summed E-state index contributed by atoms with van der Waals surface area (Å²) in [6.45, 7) is 2.95. The molecule has 0 spiro atoms. The standard InChI is InChI=1S/C16H19IN4/c1-2-18-16-13(17)14(11-7-3-4-8-11)20-15(21-16)12-9-5-6-10-19-12/h5-6,9-11H,2-4,7-8H2,1H3,(H,18,20,21). The largest absolute Gasteiger partial charge is 0.369 e. The minimum atomic E-state index is 0.569. The molecule has 110 valence electrons. The highest BCUT2D eigenvalue weighted by Gasteiger charge is 2.24. The molecule has 0 amide bonds. The summed E-state index contributed by atoms with van der Waals surface area (Å²) in [4.78, 5) is 13.9. The SMILES string of the molecule is CCNc1nc(-c2ccccn2)nc(C2CCCC2)c1I. The van der Waals surface area contributed by atoms with Gasteiger partial charge in [0.1, 0.15) is 11.5 Å². The van der Waals surface area contributed by atoms with Crippen molar-refractivity contribution in [3.8, 4) is 11.5 Å². The maximum absolute atomic E-state index is 4.85. The van der Waals surface area contributed by atoms with Crippen molar-refractivity contribution in [2.45, 2.75) is 38.5 Å². The molecule has 2 heterocycles. The molecular formula is C16H19IN4. The van der Waals surface area contributed by atoms with Gasteiger partial charge >= 0.3 is 0 Å². The van der Waals surface area contributed by atoms with Crippen LogP contribution in [0.1, 0.15) is 44.2 Å². The van der Waals surface area contributed by atoms with Crippen LogP contribution in [0.15, 0.2) is 24.4 Å². The second kappa shape index (κ2) is 6.68. The van der Waals surface area contributed by atoms with Gasteiger partial charge in [0, 0.05) is 18.7 Å². The third kappa shape index (κ3) is 3.17. The van der Waals surface area contributed by atoms with Gasteiger partial charge in [-0.25, -0.2) is 9.97 Å². The molecule has 4 nitrogen and oxygen atoms in total. The molecule has 0 unspecified atom stereocenters. The van der Waals surface area contributed by atoms with Crippen LogP contribution in [-0.2, 0) is 0 Å². The molecule has 1 saturated carbocycles. The molecule has 0 atom stereocenters. The molecule has 2 aromatic rings. The molecule has 5 heteroatoms. The van der Waals surface area contributed by atoms with Gasteiger partial charge in [0.2, 0.25) is 0 Å². The first kappa shape index (κ1) is 14.7. The maximum atomic E-state index is 4.85. The Morgan fingerprint density at radius 2 is 2.05 bits per heavy atom. The lowest BCUT2D eigenvalue weighted by atomic mass is 10.0. The Kier molecular flexibility index (Phi) is 4.67. The van der Waals surface area contributed by atoms with Crippen molar-refractivity contribution in [2.75, 3.05) is 11.9 Å². The zero-order valence-electron chi connectivity index (χ0n) is 12.1. The van der Waals surface area contributed by atoms with E-state index in [0.717, 1.165) is 23.9 Å². The third-order valence-electron chi connectivity index (χ3n) is 3.86. The first-order valence-corrected chi connectivity index (χ1v) is 8.60. The number of rotatable bonds is 4. The molecule has 2 aromatic heterocycles. The molecule has 0 aromatic carbocycles. The van der Waals surface area contributed by atoms with E-state index in [2.05, 4.69) is 44.8 Å². The Morgan fingerprint density at radius 1 is 1.24 bits per heavy atom. The number of hydrogen-bond donors (Lipinski definition) is 1. The molecule has 1 aliphatic carbocycles. The number of hydrogen-bond acceptors (Lipinski definition) is 4. The Labute approximate surface area is 139 Å². The van der Waals surface area contributed by atoms with E-state index < -0.39 is 0 Å². The summed E-state index contributed by atoms with van der Waals surface area (Å²) >= 11 is 2.38. The van der Waals surface area contributed by atoms with E-state index in [4.69, 9.17) is 4.98 Å². The van der Waals surface area contributed by atoms with Crippen LogP contribution in [0, 0.1) is 3.57 Å². The van der Waals surface area contributed by atoms with Crippen molar-refractivity contribution >= 4 is 28.4 Å². The van der Waals surface area contributed by atoms with E-state index in [9.17, 15) is 0 Å². The molecular weight excluding hydrogens is 375 g/mol. The summed E-state index contributed by atoms with van der Waals surface area (Å²) in [5.41, 5.74) is 2.03. The van der Waals surface area contributed by atoms with Crippen LogP contribution in [0.25, 0.3) is 11.5 Å². The Bertz CT molecular complexity index is 609. The summed E-state index contributed by atoms with van der Waals surface area (Å²) < 4.78 is 1.17. The highest BCUT2D eigenvalue weighted by molar-refractivity contribution is 14.1. The predicted octanol–water partition coefficient (Wildman–Crippen LogP) is 4.23. The van der Waals surface area contributed by atoms with Crippen molar-refractivity contribution in [1.82, 2.24) is 15.0 Å². The van der Waals surface area contributed by atoms with Crippen molar-refractivity contribution < 1.29 is 0 Å². The topological polar surface area (TPSA) is 50.7 Å². The van der Waals surface area contributed by atoms with E-state index in [-0.39, 0.29) is 0 Å². The van der Waals surface area contributed by atoms with Gasteiger partial charge in [-0.2, -0.15) is 0 Å². The lowest BCUT2D eigenvalue weighted by Crippen LogP contribution is -2.10. The van der Waals surface area contributed by atoms with Crippen LogP contribution in [-0.4, -0.2) is 21.5 Å². The van der Waals surface area contributed by atoms with Gasteiger partial charge in [0.15, 0.2) is 5.82 Å². The Morgan fingerprint density at radius 3 is 2.71 bits per heavy atom. The number of aromatic nitrogens is 3. The van der Waals surface area contributed by atoms with Crippen molar-refractivity contribution in [3.63, 3.8) is 0 Å². The number of nitrogens with one attached hydrogen (secondary N) is 1. The molecule has 0 bridgehead atoms. The van der Waals surface area contributed by atoms with Crippen LogP contribution in [0.3, 0.4) is 0 Å². The van der Waals surface area contributed by atoms with Gasteiger partial charge < -0.3 is 5.32 Å². The lowest BCUT2D eigenvalue weighted by Gasteiger charge is -2.16. The Hall–Kier alpha value is -1.24. The second-order valence-electron chi connectivity index (χ2n) is 5.32. The molecule has 21 heavy (non-hydrogen) atoms. The van der Waals surface area contributed by atoms with Crippen LogP contribution in [0.4, 0.5) is 5.82 Å². The molecule has 0 aliphatic heterocycles. The van der Waals surface area contributed by atoms with Crippen LogP contribution < -0.4 is 5.32 Å². The zero-order valence-corrected chi connectivity index (χ0v) is 14.3. The van der Waals surface area contributed by atoms with Crippen molar-refractivity contribution in [3.05, 3.63) is 33.7 Å². The minimum absolute atomic E-state index is 0.569. The monoisotopic (exact) mass is 394 g/mol. The average Bonchev–Trinajstić information content (AvgIpc) is 3.04. The second-order valence-corrected chi connectivity index (χ2v) is 6.40. The van der Waals surface area contributed by atoms with Crippen LogP contribution >= 0.6 is 22.6 Å². The summed E-state index contributed by atoms with van der Waals surface area (Å²) in [5.74, 6) is 2.24. The van der Waals surface area contributed by atoms with Gasteiger partial charge in [-0.05, 0) is 54.5 Å². The molecule has 3 rings (SSSR count). The van der Waals surface area contributed by atoms with E-state index >= 15 is 0 Å². The van der Waals surface area contributed by atoms with Gasteiger partial charge in [-0.15, -0.1) is 0 Å². The quantitative estimate of drug-likeness (QED) is 0.789. The fourth-order valence-corrected chi connectivity index (χ4v) is 3.70. The van der Waals surface area contributed by atoms with Gasteiger partial charge in [0.25, 0.3) is 0 Å². The minimum Gasteiger partial charge on any atom is -0.369 e.